The largest absolute Gasteiger partial charge is 0.289 e. The van der Waals surface area contributed by atoms with Gasteiger partial charge in [0.15, 0.2) is 15.6 Å². The fourth-order valence-electron chi connectivity index (χ4n) is 1.81. The Morgan fingerprint density at radius 3 is 1.95 bits per heavy atom. The SMILES string of the molecule is CS(=O)(=O)Cc1ccc(C(=O)c2ccccc2)cc1. The molecular weight excluding hydrogens is 260 g/mol. The molecule has 2 aromatic carbocycles. The van der Waals surface area contributed by atoms with Crippen LogP contribution in [0.25, 0.3) is 0 Å². The predicted molar refractivity (Wildman–Crippen MR) is 74.9 cm³/mol. The van der Waals surface area contributed by atoms with Crippen molar-refractivity contribution in [3.8, 4) is 0 Å². The van der Waals surface area contributed by atoms with Gasteiger partial charge in [0.25, 0.3) is 0 Å². The molecule has 0 aromatic heterocycles. The fourth-order valence-corrected chi connectivity index (χ4v) is 2.61. The van der Waals surface area contributed by atoms with E-state index >= 15 is 0 Å². The van der Waals surface area contributed by atoms with Crippen molar-refractivity contribution in [2.45, 2.75) is 5.75 Å². The maximum absolute atomic E-state index is 12.1. The van der Waals surface area contributed by atoms with Gasteiger partial charge in [-0.3, -0.25) is 4.79 Å². The van der Waals surface area contributed by atoms with Crippen molar-refractivity contribution in [2.75, 3.05) is 6.26 Å². The summed E-state index contributed by atoms with van der Waals surface area (Å²) in [6.07, 6.45) is 1.19. The molecule has 0 radical (unpaired) electrons. The Kier molecular flexibility index (Phi) is 3.81. The van der Waals surface area contributed by atoms with Crippen LogP contribution < -0.4 is 0 Å². The van der Waals surface area contributed by atoms with Crippen LogP contribution >= 0.6 is 0 Å². The minimum Gasteiger partial charge on any atom is -0.289 e. The van der Waals surface area contributed by atoms with Crippen molar-refractivity contribution in [3.63, 3.8) is 0 Å². The van der Waals surface area contributed by atoms with E-state index in [9.17, 15) is 13.2 Å². The monoisotopic (exact) mass is 274 g/mol. The molecule has 98 valence electrons. The van der Waals surface area contributed by atoms with Crippen LogP contribution in [0.3, 0.4) is 0 Å². The smallest absolute Gasteiger partial charge is 0.193 e. The molecule has 4 heteroatoms. The molecule has 0 saturated carbocycles. The van der Waals surface area contributed by atoms with E-state index in [2.05, 4.69) is 0 Å². The Bertz CT molecular complexity index is 671. The molecule has 19 heavy (non-hydrogen) atoms. The first kappa shape index (κ1) is 13.5. The number of hydrogen-bond acceptors (Lipinski definition) is 3. The van der Waals surface area contributed by atoms with Crippen LogP contribution in [-0.4, -0.2) is 20.5 Å². The van der Waals surface area contributed by atoms with Crippen LogP contribution in [-0.2, 0) is 15.6 Å². The Balaban J connectivity index is 2.22. The standard InChI is InChI=1S/C15H14O3S/c1-19(17,18)11-12-7-9-14(10-8-12)15(16)13-5-3-2-4-6-13/h2-10H,11H2,1H3. The molecule has 0 atom stereocenters. The van der Waals surface area contributed by atoms with Gasteiger partial charge in [-0.2, -0.15) is 0 Å². The molecule has 0 N–H and O–H groups in total. The van der Waals surface area contributed by atoms with Gasteiger partial charge < -0.3 is 0 Å². The van der Waals surface area contributed by atoms with Crippen molar-refractivity contribution < 1.29 is 13.2 Å². The molecule has 0 heterocycles. The molecule has 0 unspecified atom stereocenters. The van der Waals surface area contributed by atoms with E-state index in [4.69, 9.17) is 0 Å². The van der Waals surface area contributed by atoms with Gasteiger partial charge in [-0.05, 0) is 5.56 Å². The summed E-state index contributed by atoms with van der Waals surface area (Å²) in [6, 6.07) is 15.7. The van der Waals surface area contributed by atoms with Crippen molar-refractivity contribution in [1.29, 1.82) is 0 Å². The lowest BCUT2D eigenvalue weighted by Crippen LogP contribution is -2.03. The zero-order chi connectivity index (χ0) is 13.9. The molecule has 0 bridgehead atoms. The van der Waals surface area contributed by atoms with Gasteiger partial charge in [0.2, 0.25) is 0 Å². The minimum atomic E-state index is -3.05. The molecule has 0 saturated heterocycles. The highest BCUT2D eigenvalue weighted by atomic mass is 32.2. The number of rotatable bonds is 4. The highest BCUT2D eigenvalue weighted by molar-refractivity contribution is 7.89. The van der Waals surface area contributed by atoms with Gasteiger partial charge in [0.1, 0.15) is 0 Å². The number of hydrogen-bond donors (Lipinski definition) is 0. The summed E-state index contributed by atoms with van der Waals surface area (Å²) in [7, 11) is -3.05. The highest BCUT2D eigenvalue weighted by Crippen LogP contribution is 2.12. The van der Waals surface area contributed by atoms with Gasteiger partial charge in [-0.1, -0.05) is 54.6 Å². The normalized spacial score (nSPS) is 11.2. The van der Waals surface area contributed by atoms with Crippen LogP contribution in [0.4, 0.5) is 0 Å². The summed E-state index contributed by atoms with van der Waals surface area (Å²) in [5, 5.41) is 0. The average Bonchev–Trinajstić information content (AvgIpc) is 2.38. The average molecular weight is 274 g/mol. The Morgan fingerprint density at radius 1 is 0.895 bits per heavy atom. The van der Waals surface area contributed by atoms with Gasteiger partial charge in [-0.15, -0.1) is 0 Å². The van der Waals surface area contributed by atoms with Crippen LogP contribution in [0.1, 0.15) is 21.5 Å². The molecule has 2 aromatic rings. The molecule has 0 aliphatic rings. The molecule has 0 aliphatic heterocycles. The number of carbonyl (C=O) groups is 1. The van der Waals surface area contributed by atoms with Crippen LogP contribution in [0, 0.1) is 0 Å². The molecule has 2 rings (SSSR count). The minimum absolute atomic E-state index is 0.00714. The second-order valence-corrected chi connectivity index (χ2v) is 6.60. The first-order chi connectivity index (χ1) is 8.96. The van der Waals surface area contributed by atoms with Gasteiger partial charge in [0, 0.05) is 17.4 Å². The summed E-state index contributed by atoms with van der Waals surface area (Å²) in [6.45, 7) is 0. The number of sulfone groups is 1. The van der Waals surface area contributed by atoms with E-state index in [0.717, 1.165) is 0 Å². The van der Waals surface area contributed by atoms with Crippen LogP contribution in [0.15, 0.2) is 54.6 Å². The van der Waals surface area contributed by atoms with E-state index in [1.54, 1.807) is 36.4 Å². The third-order valence-corrected chi connectivity index (χ3v) is 3.54. The van der Waals surface area contributed by atoms with Gasteiger partial charge in [0.05, 0.1) is 5.75 Å². The van der Waals surface area contributed by atoms with Crippen molar-refractivity contribution in [3.05, 3.63) is 71.3 Å². The quantitative estimate of drug-likeness (QED) is 0.805. The van der Waals surface area contributed by atoms with Crippen molar-refractivity contribution in [1.82, 2.24) is 0 Å². The van der Waals surface area contributed by atoms with E-state index in [1.807, 2.05) is 18.2 Å². The Hall–Kier alpha value is -1.94. The Labute approximate surface area is 112 Å². The second kappa shape index (κ2) is 5.36. The number of carbonyl (C=O) groups excluding carboxylic acids is 1. The third-order valence-electron chi connectivity index (χ3n) is 2.68. The topological polar surface area (TPSA) is 51.2 Å². The zero-order valence-electron chi connectivity index (χ0n) is 10.5. The zero-order valence-corrected chi connectivity index (χ0v) is 11.4. The highest BCUT2D eigenvalue weighted by Gasteiger charge is 2.09. The van der Waals surface area contributed by atoms with Crippen LogP contribution in [0.5, 0.6) is 0 Å². The molecule has 0 fully saturated rings. The lowest BCUT2D eigenvalue weighted by molar-refractivity contribution is 0.103. The Morgan fingerprint density at radius 2 is 1.42 bits per heavy atom. The molecular formula is C15H14O3S. The first-order valence-corrected chi connectivity index (χ1v) is 7.88. The maximum atomic E-state index is 12.1. The molecule has 3 nitrogen and oxygen atoms in total. The van der Waals surface area contributed by atoms with E-state index in [0.29, 0.717) is 16.7 Å². The molecule has 0 amide bonds. The predicted octanol–water partition coefficient (Wildman–Crippen LogP) is 2.46. The summed E-state index contributed by atoms with van der Waals surface area (Å²) < 4.78 is 22.3. The fraction of sp³-hybridized carbons (Fsp3) is 0.133. The van der Waals surface area contributed by atoms with Crippen LogP contribution in [0.2, 0.25) is 0 Å². The second-order valence-electron chi connectivity index (χ2n) is 4.46. The lowest BCUT2D eigenvalue weighted by Gasteiger charge is -2.03. The van der Waals surface area contributed by atoms with E-state index in [-0.39, 0.29) is 11.5 Å². The summed E-state index contributed by atoms with van der Waals surface area (Å²) in [4.78, 5) is 12.1. The van der Waals surface area contributed by atoms with E-state index in [1.165, 1.54) is 6.26 Å². The van der Waals surface area contributed by atoms with Gasteiger partial charge in [-0.25, -0.2) is 8.42 Å². The van der Waals surface area contributed by atoms with Crippen molar-refractivity contribution in [2.24, 2.45) is 0 Å². The molecule has 0 aliphatic carbocycles. The number of ketones is 1. The van der Waals surface area contributed by atoms with Crippen molar-refractivity contribution >= 4 is 15.6 Å². The summed E-state index contributed by atoms with van der Waals surface area (Å²) in [5.41, 5.74) is 1.87. The summed E-state index contributed by atoms with van der Waals surface area (Å²) in [5.74, 6) is -0.0706. The lowest BCUT2D eigenvalue weighted by atomic mass is 10.0. The summed E-state index contributed by atoms with van der Waals surface area (Å²) >= 11 is 0. The van der Waals surface area contributed by atoms with Gasteiger partial charge >= 0.3 is 0 Å². The maximum Gasteiger partial charge on any atom is 0.193 e. The number of benzene rings is 2. The third kappa shape index (κ3) is 3.76. The first-order valence-electron chi connectivity index (χ1n) is 5.82. The van der Waals surface area contributed by atoms with E-state index < -0.39 is 9.84 Å². The molecule has 0 spiro atoms.